The summed E-state index contributed by atoms with van der Waals surface area (Å²) in [5.41, 5.74) is 1.40. The van der Waals surface area contributed by atoms with E-state index in [0.29, 0.717) is 6.04 Å². The smallest absolute Gasteiger partial charge is 0.0230 e. The van der Waals surface area contributed by atoms with Crippen LogP contribution in [0.4, 0.5) is 0 Å². The summed E-state index contributed by atoms with van der Waals surface area (Å²) in [6, 6.07) is 11.3. The summed E-state index contributed by atoms with van der Waals surface area (Å²) in [6.45, 7) is 10.2. The molecule has 0 fully saturated rings. The minimum Gasteiger partial charge on any atom is -0.314 e. The molecule has 0 aliphatic heterocycles. The van der Waals surface area contributed by atoms with Gasteiger partial charge in [-0.15, -0.1) is 0 Å². The fourth-order valence-electron chi connectivity index (χ4n) is 2.36. The predicted octanol–water partition coefficient (Wildman–Crippen LogP) is 3.92. The van der Waals surface area contributed by atoms with Crippen LogP contribution in [0.25, 0.3) is 0 Å². The van der Waals surface area contributed by atoms with Gasteiger partial charge < -0.3 is 10.2 Å². The molecule has 1 unspecified atom stereocenters. The van der Waals surface area contributed by atoms with Gasteiger partial charge in [-0.3, -0.25) is 0 Å². The number of benzene rings is 1. The van der Waals surface area contributed by atoms with Crippen LogP contribution in [0.5, 0.6) is 0 Å². The zero-order chi connectivity index (χ0) is 14.8. The van der Waals surface area contributed by atoms with E-state index < -0.39 is 0 Å². The van der Waals surface area contributed by atoms with Gasteiger partial charge in [-0.2, -0.15) is 0 Å². The molecule has 1 N–H and O–H groups in total. The van der Waals surface area contributed by atoms with E-state index >= 15 is 0 Å². The first kappa shape index (κ1) is 17.2. The highest BCUT2D eigenvalue weighted by Gasteiger charge is 2.03. The normalized spacial score (nSPS) is 13.1. The highest BCUT2D eigenvalue weighted by atomic mass is 15.1. The lowest BCUT2D eigenvalue weighted by Gasteiger charge is -2.18. The first-order chi connectivity index (χ1) is 9.58. The molecule has 1 aromatic carbocycles. The van der Waals surface area contributed by atoms with E-state index in [1.54, 1.807) is 0 Å². The maximum Gasteiger partial charge on any atom is 0.0230 e. The van der Waals surface area contributed by atoms with E-state index in [9.17, 15) is 0 Å². The zero-order valence-corrected chi connectivity index (χ0v) is 13.7. The van der Waals surface area contributed by atoms with Gasteiger partial charge in [0.25, 0.3) is 0 Å². The topological polar surface area (TPSA) is 15.3 Å². The second-order valence-corrected chi connectivity index (χ2v) is 6.40. The quantitative estimate of drug-likeness (QED) is 0.652. The summed E-state index contributed by atoms with van der Waals surface area (Å²) >= 11 is 0. The van der Waals surface area contributed by atoms with Crippen molar-refractivity contribution < 1.29 is 0 Å². The summed E-state index contributed by atoms with van der Waals surface area (Å²) in [6.07, 6.45) is 3.83. The Hall–Kier alpha value is -0.860. The molecular weight excluding hydrogens is 244 g/mol. The molecule has 2 nitrogen and oxygen atoms in total. The Morgan fingerprint density at radius 1 is 1.05 bits per heavy atom. The van der Waals surface area contributed by atoms with Crippen molar-refractivity contribution in [3.63, 3.8) is 0 Å². The fraction of sp³-hybridized carbons (Fsp3) is 0.667. The van der Waals surface area contributed by atoms with Crippen molar-refractivity contribution in [2.24, 2.45) is 5.92 Å². The van der Waals surface area contributed by atoms with Crippen LogP contribution in [-0.2, 0) is 6.54 Å². The monoisotopic (exact) mass is 276 g/mol. The lowest BCUT2D eigenvalue weighted by atomic mass is 10.0. The van der Waals surface area contributed by atoms with Crippen LogP contribution in [0.3, 0.4) is 0 Å². The summed E-state index contributed by atoms with van der Waals surface area (Å²) < 4.78 is 0. The van der Waals surface area contributed by atoms with E-state index in [2.05, 4.69) is 68.4 Å². The van der Waals surface area contributed by atoms with Gasteiger partial charge in [0.05, 0.1) is 0 Å². The minimum absolute atomic E-state index is 0.650. The molecule has 0 aromatic heterocycles. The molecule has 0 heterocycles. The molecule has 0 amide bonds. The van der Waals surface area contributed by atoms with Crippen LogP contribution in [-0.4, -0.2) is 31.1 Å². The minimum atomic E-state index is 0.650. The van der Waals surface area contributed by atoms with E-state index in [-0.39, 0.29) is 0 Å². The molecule has 0 saturated carbocycles. The third kappa shape index (κ3) is 8.34. The molecule has 1 aromatic rings. The maximum atomic E-state index is 3.63. The van der Waals surface area contributed by atoms with Gasteiger partial charge in [-0.05, 0) is 57.8 Å². The van der Waals surface area contributed by atoms with Crippen LogP contribution in [0, 0.1) is 5.92 Å². The molecule has 0 aliphatic carbocycles. The molecule has 0 bridgehead atoms. The molecule has 1 atom stereocenters. The van der Waals surface area contributed by atoms with Crippen molar-refractivity contribution in [1.29, 1.82) is 0 Å². The maximum absolute atomic E-state index is 3.63. The average molecular weight is 276 g/mol. The molecule has 20 heavy (non-hydrogen) atoms. The zero-order valence-electron chi connectivity index (χ0n) is 13.7. The van der Waals surface area contributed by atoms with Crippen molar-refractivity contribution in [3.8, 4) is 0 Å². The number of hydrogen-bond donors (Lipinski definition) is 1. The Balaban J connectivity index is 2.06. The van der Waals surface area contributed by atoms with Crippen LogP contribution in [0.1, 0.15) is 45.6 Å². The Morgan fingerprint density at radius 2 is 1.75 bits per heavy atom. The van der Waals surface area contributed by atoms with E-state index in [4.69, 9.17) is 0 Å². The van der Waals surface area contributed by atoms with Crippen molar-refractivity contribution in [2.75, 3.05) is 20.1 Å². The lowest BCUT2D eigenvalue weighted by Crippen LogP contribution is -2.30. The van der Waals surface area contributed by atoms with E-state index in [0.717, 1.165) is 25.6 Å². The van der Waals surface area contributed by atoms with Gasteiger partial charge in [-0.1, -0.05) is 44.2 Å². The molecule has 0 spiro atoms. The van der Waals surface area contributed by atoms with Crippen LogP contribution in [0.2, 0.25) is 0 Å². The van der Waals surface area contributed by atoms with Crippen molar-refractivity contribution in [3.05, 3.63) is 35.9 Å². The first-order valence-electron chi connectivity index (χ1n) is 8.03. The Bertz CT molecular complexity index is 335. The van der Waals surface area contributed by atoms with E-state index in [1.807, 2.05) is 0 Å². The van der Waals surface area contributed by atoms with Gasteiger partial charge in [0.1, 0.15) is 0 Å². The third-order valence-electron chi connectivity index (χ3n) is 3.68. The first-order valence-corrected chi connectivity index (χ1v) is 8.03. The summed E-state index contributed by atoms with van der Waals surface area (Å²) in [4.78, 5) is 2.40. The SMILES string of the molecule is CC(C)CCC(C)NCCCN(C)Cc1ccccc1. The molecule has 0 saturated heterocycles. The van der Waals surface area contributed by atoms with Crippen LogP contribution in [0.15, 0.2) is 30.3 Å². The highest BCUT2D eigenvalue weighted by molar-refractivity contribution is 5.14. The van der Waals surface area contributed by atoms with Gasteiger partial charge in [0, 0.05) is 12.6 Å². The summed E-state index contributed by atoms with van der Waals surface area (Å²) in [7, 11) is 2.20. The largest absolute Gasteiger partial charge is 0.314 e. The average Bonchev–Trinajstić information content (AvgIpc) is 2.42. The van der Waals surface area contributed by atoms with Gasteiger partial charge >= 0.3 is 0 Å². The molecule has 114 valence electrons. The molecule has 0 aliphatic rings. The molecular formula is C18H32N2. The van der Waals surface area contributed by atoms with Crippen LogP contribution < -0.4 is 5.32 Å². The van der Waals surface area contributed by atoms with Crippen molar-refractivity contribution >= 4 is 0 Å². The second kappa shape index (κ2) is 9.95. The molecule has 0 radical (unpaired) electrons. The van der Waals surface area contributed by atoms with Crippen LogP contribution >= 0.6 is 0 Å². The molecule has 2 heteroatoms. The standard InChI is InChI=1S/C18H32N2/c1-16(2)11-12-17(3)19-13-8-14-20(4)15-18-9-6-5-7-10-18/h5-7,9-10,16-17,19H,8,11-15H2,1-4H3. The number of nitrogens with zero attached hydrogens (tertiary/aromatic N) is 1. The van der Waals surface area contributed by atoms with Gasteiger partial charge in [0.15, 0.2) is 0 Å². The van der Waals surface area contributed by atoms with Gasteiger partial charge in [0.2, 0.25) is 0 Å². The number of nitrogens with one attached hydrogen (secondary N) is 1. The second-order valence-electron chi connectivity index (χ2n) is 6.40. The number of rotatable bonds is 10. The third-order valence-corrected chi connectivity index (χ3v) is 3.68. The summed E-state index contributed by atoms with van der Waals surface area (Å²) in [5.74, 6) is 0.816. The van der Waals surface area contributed by atoms with Crippen molar-refractivity contribution in [2.45, 2.75) is 52.6 Å². The summed E-state index contributed by atoms with van der Waals surface area (Å²) in [5, 5.41) is 3.63. The highest BCUT2D eigenvalue weighted by Crippen LogP contribution is 2.06. The van der Waals surface area contributed by atoms with Gasteiger partial charge in [-0.25, -0.2) is 0 Å². The predicted molar refractivity (Wildman–Crippen MR) is 88.9 cm³/mol. The Morgan fingerprint density at radius 3 is 2.40 bits per heavy atom. The van der Waals surface area contributed by atoms with Crippen molar-refractivity contribution in [1.82, 2.24) is 10.2 Å². The fourth-order valence-corrected chi connectivity index (χ4v) is 2.36. The Kier molecular flexibility index (Phi) is 8.56. The Labute approximate surface area is 125 Å². The molecule has 1 rings (SSSR count). The lowest BCUT2D eigenvalue weighted by molar-refractivity contribution is 0.315. The van der Waals surface area contributed by atoms with E-state index in [1.165, 1.54) is 24.8 Å². The number of hydrogen-bond acceptors (Lipinski definition) is 2.